The van der Waals surface area contributed by atoms with Crippen molar-refractivity contribution in [2.75, 3.05) is 0 Å². The zero-order chi connectivity index (χ0) is 17.9. The fourth-order valence-corrected chi connectivity index (χ4v) is 0. The smallest absolute Gasteiger partial charge is 0.652 e. The summed E-state index contributed by atoms with van der Waals surface area (Å²) in [4.78, 5) is 41.7. The number of hydrogen-bond donors (Lipinski definition) is 0. The molecule has 0 amide bonds. The van der Waals surface area contributed by atoms with Crippen LogP contribution in [0.15, 0.2) is 0 Å². The summed E-state index contributed by atoms with van der Waals surface area (Å²) in [5, 5.41) is 83.3. The molecular weight excluding hydrogens is 728 g/mol. The van der Waals surface area contributed by atoms with E-state index in [9.17, 15) is 0 Å². The maximum absolute atomic E-state index is 8.33. The molecule has 0 bridgehead atoms. The second kappa shape index (κ2) is 56.3. The average Bonchev–Trinajstić information content (AvgIpc) is 1.94. The zero-order valence-electron chi connectivity index (χ0n) is 12.2. The van der Waals surface area contributed by atoms with Crippen LogP contribution in [-0.2, 0) is 0 Å². The molecule has 0 aliphatic heterocycles. The molecule has 0 rings (SSSR count). The molecule has 0 atom stereocenters. The van der Waals surface area contributed by atoms with Crippen LogP contribution in [0.4, 0.5) is 24.0 Å². The van der Waals surface area contributed by atoms with Crippen LogP contribution in [-0.4, -0.2) is 163 Å². The second-order valence-electron chi connectivity index (χ2n) is 1.25. The largest absolute Gasteiger partial charge is 3.00 e. The minimum atomic E-state index is -2.33. The van der Waals surface area contributed by atoms with Gasteiger partial charge in [0.25, 0.3) is 0 Å². The van der Waals surface area contributed by atoms with Gasteiger partial charge in [-0.05, 0) is 30.8 Å². The van der Waals surface area contributed by atoms with Crippen molar-refractivity contribution in [1.82, 2.24) is 0 Å². The minimum absolute atomic E-state index is 0. The standard InChI is InChI=1S/5CH2O3.Ba.Ca.Ce.Na.Sr/c5*2-1(3)4;;;;;/h5*(H2,2,3,4);;;;;/q;;;;;2*+2;+3;+1;+2/p-10. The molecule has 0 aromatic rings. The Kier molecular flexibility index (Phi) is 142. The Labute approximate surface area is 301 Å². The fraction of sp³-hybridized carbons (Fsp3) is 0. The van der Waals surface area contributed by atoms with Crippen molar-refractivity contribution in [2.24, 2.45) is 0 Å². The fourth-order valence-electron chi connectivity index (χ4n) is 0. The third-order valence-corrected chi connectivity index (χ3v) is 0. The predicted octanol–water partition coefficient (Wildman–Crippen LogP) is -16.4. The van der Waals surface area contributed by atoms with E-state index in [0.717, 1.165) is 0 Å². The molecular formula is C5BaCaCeNaO15Sr. The van der Waals surface area contributed by atoms with Gasteiger partial charge in [0.1, 0.15) is 0 Å². The Hall–Kier alpha value is 3.04. The first-order valence-electron chi connectivity index (χ1n) is 3.06. The molecule has 0 aliphatic carbocycles. The third kappa shape index (κ3) is 1840. The number of hydrogen-bond acceptors (Lipinski definition) is 15. The molecule has 0 aromatic carbocycles. The quantitative estimate of drug-likeness (QED) is 0.209. The van der Waals surface area contributed by atoms with Gasteiger partial charge >= 0.3 is 203 Å². The molecule has 0 spiro atoms. The van der Waals surface area contributed by atoms with Crippen LogP contribution < -0.4 is 80.6 Å². The van der Waals surface area contributed by atoms with E-state index in [2.05, 4.69) is 0 Å². The van der Waals surface area contributed by atoms with Gasteiger partial charge in [0.15, 0.2) is 0 Å². The van der Waals surface area contributed by atoms with E-state index in [1.165, 1.54) is 0 Å². The van der Waals surface area contributed by atoms with E-state index >= 15 is 0 Å². The first kappa shape index (κ1) is 63.0. The van der Waals surface area contributed by atoms with Gasteiger partial charge in [0.05, 0.1) is 0 Å². The van der Waals surface area contributed by atoms with Gasteiger partial charge in [0, 0.05) is 0 Å². The molecule has 20 heteroatoms. The molecule has 25 heavy (non-hydrogen) atoms. The van der Waals surface area contributed by atoms with Crippen molar-refractivity contribution in [1.29, 1.82) is 0 Å². The van der Waals surface area contributed by atoms with E-state index in [0.29, 0.717) is 0 Å². The van der Waals surface area contributed by atoms with E-state index in [1.54, 1.807) is 0 Å². The van der Waals surface area contributed by atoms with Crippen molar-refractivity contribution < 1.29 is 146 Å². The average molecular weight is 728 g/mol. The summed E-state index contributed by atoms with van der Waals surface area (Å²) in [5.74, 6) is 0. The normalized spacial score (nSPS) is 4.80. The topological polar surface area (TPSA) is 316 Å². The maximum atomic E-state index is 8.33. The van der Waals surface area contributed by atoms with E-state index in [1.807, 2.05) is 0 Å². The summed E-state index contributed by atoms with van der Waals surface area (Å²) in [6.45, 7) is 0. The Balaban J connectivity index is -0.0000000134. The van der Waals surface area contributed by atoms with Gasteiger partial charge < -0.3 is 75.0 Å². The van der Waals surface area contributed by atoms with Gasteiger partial charge in [-0.15, -0.1) is 0 Å². The second-order valence-corrected chi connectivity index (χ2v) is 1.25. The molecule has 0 fully saturated rings. The molecule has 0 unspecified atom stereocenters. The monoisotopic (exact) mass is 729 g/mol. The van der Waals surface area contributed by atoms with Crippen molar-refractivity contribution >= 4 is 163 Å². The number of carboxylic acid groups (broad SMARTS) is 10. The molecule has 0 aliphatic rings. The molecule has 121 valence electrons. The summed E-state index contributed by atoms with van der Waals surface area (Å²) in [6.07, 6.45) is -11.7. The van der Waals surface area contributed by atoms with Gasteiger partial charge in [-0.1, -0.05) is 0 Å². The Bertz CT molecular complexity index is 231. The summed E-state index contributed by atoms with van der Waals surface area (Å²) in [6, 6.07) is 0. The zero-order valence-corrected chi connectivity index (χ0v) is 27.5. The van der Waals surface area contributed by atoms with Crippen LogP contribution in [0.5, 0.6) is 0 Å². The first-order valence-corrected chi connectivity index (χ1v) is 3.06. The molecule has 1 radical (unpaired) electrons. The minimum Gasteiger partial charge on any atom is -0.652 e. The Morgan fingerprint density at radius 3 is 0.440 bits per heavy atom. The third-order valence-electron chi connectivity index (χ3n) is 0. The van der Waals surface area contributed by atoms with Gasteiger partial charge in [0.2, 0.25) is 0 Å². The molecule has 0 saturated carbocycles. The number of rotatable bonds is 0. The Morgan fingerprint density at radius 1 is 0.440 bits per heavy atom. The van der Waals surface area contributed by atoms with E-state index in [-0.39, 0.29) is 203 Å². The SMILES string of the molecule is O=C([O-])[O-].O=C([O-])[O-].O=C([O-])[O-].O=C([O-])[O-].O=C([O-])[O-].[Ba+2].[Ca+2].[Ce+3].[Na+].[Sr+2]. The van der Waals surface area contributed by atoms with Gasteiger partial charge in [-0.25, -0.2) is 0 Å². The molecule has 15 nitrogen and oxygen atoms in total. The van der Waals surface area contributed by atoms with Crippen LogP contribution in [0.3, 0.4) is 0 Å². The first-order chi connectivity index (χ1) is 8.66. The Morgan fingerprint density at radius 2 is 0.440 bits per heavy atom. The van der Waals surface area contributed by atoms with E-state index < -0.39 is 30.8 Å². The summed E-state index contributed by atoms with van der Waals surface area (Å²) in [7, 11) is 0. The van der Waals surface area contributed by atoms with Gasteiger partial charge in [-0.3, -0.25) is 0 Å². The number of carbonyl (C=O) groups is 5. The molecule has 0 N–H and O–H groups in total. The van der Waals surface area contributed by atoms with Crippen molar-refractivity contribution in [3.05, 3.63) is 0 Å². The summed E-state index contributed by atoms with van der Waals surface area (Å²) in [5.41, 5.74) is 0. The van der Waals surface area contributed by atoms with Crippen molar-refractivity contribution in [3.63, 3.8) is 0 Å². The maximum Gasteiger partial charge on any atom is 3.00 e. The van der Waals surface area contributed by atoms with Crippen LogP contribution in [0.25, 0.3) is 0 Å². The van der Waals surface area contributed by atoms with E-state index in [4.69, 9.17) is 75.0 Å². The summed E-state index contributed by atoms with van der Waals surface area (Å²) >= 11 is 0. The van der Waals surface area contributed by atoms with Crippen LogP contribution in [0, 0.1) is 41.7 Å². The van der Waals surface area contributed by atoms with Crippen LogP contribution in [0.1, 0.15) is 0 Å². The van der Waals surface area contributed by atoms with Crippen molar-refractivity contribution in [3.8, 4) is 0 Å². The van der Waals surface area contributed by atoms with Gasteiger partial charge in [-0.2, -0.15) is 0 Å². The molecule has 0 heterocycles. The van der Waals surface area contributed by atoms with Crippen molar-refractivity contribution in [2.45, 2.75) is 0 Å². The molecule has 0 saturated heterocycles. The predicted molar refractivity (Wildman–Crippen MR) is 44.2 cm³/mol. The van der Waals surface area contributed by atoms with Crippen LogP contribution >= 0.6 is 0 Å². The summed E-state index contributed by atoms with van der Waals surface area (Å²) < 4.78 is 0. The van der Waals surface area contributed by atoms with Crippen LogP contribution in [0.2, 0.25) is 0 Å². The molecule has 0 aromatic heterocycles. The number of carbonyl (C=O) groups excluding carboxylic acids is 5.